The zero-order chi connectivity index (χ0) is 11.5. The van der Waals surface area contributed by atoms with Gasteiger partial charge in [-0.25, -0.2) is 4.39 Å². The van der Waals surface area contributed by atoms with Crippen molar-refractivity contribution >= 4 is 0 Å². The van der Waals surface area contributed by atoms with E-state index in [0.29, 0.717) is 11.3 Å². The first-order valence-electron chi connectivity index (χ1n) is 4.84. The summed E-state index contributed by atoms with van der Waals surface area (Å²) in [5, 5.41) is 9.67. The van der Waals surface area contributed by atoms with Crippen LogP contribution in [0.5, 0.6) is 11.5 Å². The highest BCUT2D eigenvalue weighted by molar-refractivity contribution is 5.75. The third-order valence-electron chi connectivity index (χ3n) is 2.36. The van der Waals surface area contributed by atoms with Gasteiger partial charge in [-0.2, -0.15) is 0 Å². The van der Waals surface area contributed by atoms with Gasteiger partial charge in [-0.15, -0.1) is 0 Å². The lowest BCUT2D eigenvalue weighted by molar-refractivity contribution is 0.415. The Bertz CT molecular complexity index is 509. The van der Waals surface area contributed by atoms with Crippen molar-refractivity contribution in [1.82, 2.24) is 0 Å². The average molecular weight is 218 g/mol. The number of rotatable bonds is 2. The standard InChI is InChI=1S/C13H11FO2/c1-16-13-5-3-2-4-11(13)10-7-6-9(14)8-12(10)15/h2-8,15H,1H3. The summed E-state index contributed by atoms with van der Waals surface area (Å²) in [5.74, 6) is 0.0880. The summed E-state index contributed by atoms with van der Waals surface area (Å²) >= 11 is 0. The van der Waals surface area contributed by atoms with Crippen LogP contribution in [0.25, 0.3) is 11.1 Å². The zero-order valence-electron chi connectivity index (χ0n) is 8.77. The third kappa shape index (κ3) is 1.84. The number of phenolic OH excluding ortho intramolecular Hbond substituents is 1. The molecule has 0 amide bonds. The van der Waals surface area contributed by atoms with Crippen molar-refractivity contribution in [3.8, 4) is 22.6 Å². The number of hydrogen-bond acceptors (Lipinski definition) is 2. The summed E-state index contributed by atoms with van der Waals surface area (Å²) in [7, 11) is 1.55. The van der Waals surface area contributed by atoms with E-state index >= 15 is 0 Å². The van der Waals surface area contributed by atoms with Crippen LogP contribution in [0.3, 0.4) is 0 Å². The van der Waals surface area contributed by atoms with Crippen molar-refractivity contribution in [2.45, 2.75) is 0 Å². The van der Waals surface area contributed by atoms with Crippen molar-refractivity contribution in [2.75, 3.05) is 7.11 Å². The van der Waals surface area contributed by atoms with Crippen molar-refractivity contribution in [3.05, 3.63) is 48.3 Å². The van der Waals surface area contributed by atoms with Gasteiger partial charge in [0.15, 0.2) is 0 Å². The molecule has 0 bridgehead atoms. The molecule has 0 saturated carbocycles. The molecule has 0 radical (unpaired) electrons. The fourth-order valence-electron chi connectivity index (χ4n) is 1.60. The monoisotopic (exact) mass is 218 g/mol. The number of hydrogen-bond donors (Lipinski definition) is 1. The Labute approximate surface area is 92.9 Å². The van der Waals surface area contributed by atoms with Gasteiger partial charge in [-0.1, -0.05) is 18.2 Å². The summed E-state index contributed by atoms with van der Waals surface area (Å²) < 4.78 is 18.0. The molecule has 2 aromatic carbocycles. The van der Waals surface area contributed by atoms with E-state index in [9.17, 15) is 9.50 Å². The quantitative estimate of drug-likeness (QED) is 0.838. The van der Waals surface area contributed by atoms with Crippen molar-refractivity contribution < 1.29 is 14.2 Å². The lowest BCUT2D eigenvalue weighted by Crippen LogP contribution is -1.88. The molecule has 2 rings (SSSR count). The highest BCUT2D eigenvalue weighted by atomic mass is 19.1. The van der Waals surface area contributed by atoms with Crippen LogP contribution in [0.1, 0.15) is 0 Å². The SMILES string of the molecule is COc1ccccc1-c1ccc(F)cc1O. The molecule has 16 heavy (non-hydrogen) atoms. The van der Waals surface area contributed by atoms with Crippen LogP contribution in [-0.4, -0.2) is 12.2 Å². The molecule has 0 unspecified atom stereocenters. The fourth-order valence-corrected chi connectivity index (χ4v) is 1.60. The largest absolute Gasteiger partial charge is 0.507 e. The molecular formula is C13H11FO2. The molecule has 82 valence electrons. The van der Waals surface area contributed by atoms with Crippen molar-refractivity contribution in [2.24, 2.45) is 0 Å². The summed E-state index contributed by atoms with van der Waals surface area (Å²) in [4.78, 5) is 0. The van der Waals surface area contributed by atoms with Crippen LogP contribution in [0.15, 0.2) is 42.5 Å². The molecule has 2 aromatic rings. The van der Waals surface area contributed by atoms with Crippen LogP contribution in [0.2, 0.25) is 0 Å². The lowest BCUT2D eigenvalue weighted by Gasteiger charge is -2.09. The first kappa shape index (κ1) is 10.5. The molecule has 0 aliphatic heterocycles. The Morgan fingerprint density at radius 1 is 1.06 bits per heavy atom. The second-order valence-electron chi connectivity index (χ2n) is 3.36. The zero-order valence-corrected chi connectivity index (χ0v) is 8.77. The highest BCUT2D eigenvalue weighted by Gasteiger charge is 2.09. The predicted molar refractivity (Wildman–Crippen MR) is 60.1 cm³/mol. The number of aromatic hydroxyl groups is 1. The van der Waals surface area contributed by atoms with Gasteiger partial charge in [-0.05, 0) is 18.2 Å². The van der Waals surface area contributed by atoms with Crippen LogP contribution in [0.4, 0.5) is 4.39 Å². The molecule has 0 spiro atoms. The number of ether oxygens (including phenoxy) is 1. The van der Waals surface area contributed by atoms with Gasteiger partial charge in [0.25, 0.3) is 0 Å². The minimum absolute atomic E-state index is 0.0931. The molecule has 0 fully saturated rings. The van der Waals surface area contributed by atoms with Gasteiger partial charge in [0.1, 0.15) is 17.3 Å². The Morgan fingerprint density at radius 2 is 1.81 bits per heavy atom. The van der Waals surface area contributed by atoms with E-state index in [2.05, 4.69) is 0 Å². The van der Waals surface area contributed by atoms with E-state index in [-0.39, 0.29) is 5.75 Å². The number of methoxy groups -OCH3 is 1. The topological polar surface area (TPSA) is 29.5 Å². The molecule has 0 saturated heterocycles. The molecular weight excluding hydrogens is 207 g/mol. The van der Waals surface area contributed by atoms with Crippen LogP contribution in [-0.2, 0) is 0 Å². The molecule has 1 N–H and O–H groups in total. The van der Waals surface area contributed by atoms with Crippen molar-refractivity contribution in [3.63, 3.8) is 0 Å². The maximum absolute atomic E-state index is 12.9. The first-order valence-corrected chi connectivity index (χ1v) is 4.84. The average Bonchev–Trinajstić information content (AvgIpc) is 2.29. The Morgan fingerprint density at radius 3 is 2.50 bits per heavy atom. The van der Waals surface area contributed by atoms with E-state index in [1.54, 1.807) is 13.2 Å². The summed E-state index contributed by atoms with van der Waals surface area (Å²) in [6.07, 6.45) is 0. The minimum atomic E-state index is -0.462. The van der Waals surface area contributed by atoms with Gasteiger partial charge >= 0.3 is 0 Å². The summed E-state index contributed by atoms with van der Waals surface area (Å²) in [5.41, 5.74) is 1.29. The first-order chi connectivity index (χ1) is 7.72. The van der Waals surface area contributed by atoms with E-state index in [1.807, 2.05) is 18.2 Å². The maximum Gasteiger partial charge on any atom is 0.126 e. The summed E-state index contributed by atoms with van der Waals surface area (Å²) in [6, 6.07) is 11.2. The highest BCUT2D eigenvalue weighted by Crippen LogP contribution is 2.35. The number of phenols is 1. The van der Waals surface area contributed by atoms with Gasteiger partial charge in [0.05, 0.1) is 7.11 Å². The Balaban J connectivity index is 2.58. The normalized spacial score (nSPS) is 10.1. The van der Waals surface area contributed by atoms with E-state index in [4.69, 9.17) is 4.74 Å². The minimum Gasteiger partial charge on any atom is -0.507 e. The van der Waals surface area contributed by atoms with Crippen LogP contribution in [0, 0.1) is 5.82 Å². The van der Waals surface area contributed by atoms with Crippen LogP contribution >= 0.6 is 0 Å². The molecule has 2 nitrogen and oxygen atoms in total. The smallest absolute Gasteiger partial charge is 0.126 e. The Hall–Kier alpha value is -2.03. The molecule has 3 heteroatoms. The van der Waals surface area contributed by atoms with E-state index < -0.39 is 5.82 Å². The lowest BCUT2D eigenvalue weighted by atomic mass is 10.0. The maximum atomic E-state index is 12.9. The predicted octanol–water partition coefficient (Wildman–Crippen LogP) is 3.21. The molecule has 0 aliphatic rings. The van der Waals surface area contributed by atoms with Gasteiger partial charge in [0.2, 0.25) is 0 Å². The summed E-state index contributed by atoms with van der Waals surface area (Å²) in [6.45, 7) is 0. The second-order valence-corrected chi connectivity index (χ2v) is 3.36. The second kappa shape index (κ2) is 4.23. The molecule has 0 atom stereocenters. The van der Waals surface area contributed by atoms with Gasteiger partial charge < -0.3 is 9.84 Å². The number of halogens is 1. The molecule has 0 aromatic heterocycles. The van der Waals surface area contributed by atoms with Gasteiger partial charge in [0, 0.05) is 17.2 Å². The third-order valence-corrected chi connectivity index (χ3v) is 2.36. The van der Waals surface area contributed by atoms with Crippen LogP contribution < -0.4 is 4.74 Å². The molecule has 0 aliphatic carbocycles. The fraction of sp³-hybridized carbons (Fsp3) is 0.0769. The Kier molecular flexibility index (Phi) is 2.77. The number of para-hydroxylation sites is 1. The number of benzene rings is 2. The van der Waals surface area contributed by atoms with E-state index in [0.717, 1.165) is 11.6 Å². The molecule has 0 heterocycles. The van der Waals surface area contributed by atoms with Gasteiger partial charge in [-0.3, -0.25) is 0 Å². The van der Waals surface area contributed by atoms with Crippen molar-refractivity contribution in [1.29, 1.82) is 0 Å². The van der Waals surface area contributed by atoms with E-state index in [1.165, 1.54) is 12.1 Å².